The minimum Gasteiger partial charge on any atom is -0.465 e. The van der Waals surface area contributed by atoms with E-state index >= 15 is 0 Å². The van der Waals surface area contributed by atoms with Crippen LogP contribution in [0.25, 0.3) is 23.1 Å². The number of halogens is 1. The maximum Gasteiger partial charge on any atom is 0.341 e. The number of nitrogens with one attached hydrogen (secondary N) is 1. The van der Waals surface area contributed by atoms with Gasteiger partial charge in [0.1, 0.15) is 22.7 Å². The van der Waals surface area contributed by atoms with E-state index < -0.39 is 11.8 Å². The number of pyridine rings is 1. The number of aliphatic imine (C=N–C) groups is 1. The molecule has 0 radical (unpaired) electrons. The van der Waals surface area contributed by atoms with Crippen molar-refractivity contribution in [2.24, 2.45) is 4.99 Å². The number of fused-ring (bicyclic) bond motifs is 1. The summed E-state index contributed by atoms with van der Waals surface area (Å²) in [5.41, 5.74) is 3.81. The second-order valence-corrected chi connectivity index (χ2v) is 7.21. The molecule has 0 aliphatic heterocycles. The fourth-order valence-corrected chi connectivity index (χ4v) is 3.52. The molecule has 1 saturated carbocycles. The van der Waals surface area contributed by atoms with E-state index in [4.69, 9.17) is 4.98 Å². The van der Waals surface area contributed by atoms with Crippen molar-refractivity contribution in [3.05, 3.63) is 47.0 Å². The number of methoxy groups -OCH3 is 1. The number of aromatic amines is 1. The van der Waals surface area contributed by atoms with E-state index in [2.05, 4.69) is 34.4 Å². The summed E-state index contributed by atoms with van der Waals surface area (Å²) in [5, 5.41) is 0. The quantitative estimate of drug-likeness (QED) is 0.438. The Hall–Kier alpha value is -3.22. The van der Waals surface area contributed by atoms with Crippen LogP contribution in [-0.4, -0.2) is 34.2 Å². The Balaban J connectivity index is 1.86. The number of carbonyl (C=O) groups is 1. The highest BCUT2D eigenvalue weighted by atomic mass is 19.1. The monoisotopic (exact) mass is 394 g/mol. The first-order valence-corrected chi connectivity index (χ1v) is 9.73. The van der Waals surface area contributed by atoms with Crippen molar-refractivity contribution in [1.82, 2.24) is 14.4 Å². The minimum atomic E-state index is -0.719. The summed E-state index contributed by atoms with van der Waals surface area (Å²) in [4.78, 5) is 24.0. The van der Waals surface area contributed by atoms with Crippen LogP contribution in [0, 0.1) is 5.82 Å². The summed E-state index contributed by atoms with van der Waals surface area (Å²) in [5.74, 6) is -0.360. The molecule has 1 aliphatic carbocycles. The van der Waals surface area contributed by atoms with Gasteiger partial charge in [-0.2, -0.15) is 0 Å². The van der Waals surface area contributed by atoms with Crippen LogP contribution in [0.1, 0.15) is 60.1 Å². The lowest BCUT2D eigenvalue weighted by Crippen LogP contribution is -2.06. The molecule has 0 bridgehead atoms. The predicted molar refractivity (Wildman–Crippen MR) is 111 cm³/mol. The Morgan fingerprint density at radius 2 is 2.28 bits per heavy atom. The van der Waals surface area contributed by atoms with Crippen LogP contribution in [0.4, 0.5) is 10.2 Å². The first-order valence-electron chi connectivity index (χ1n) is 9.73. The summed E-state index contributed by atoms with van der Waals surface area (Å²) in [6.45, 7) is 5.77. The van der Waals surface area contributed by atoms with Gasteiger partial charge in [-0.05, 0) is 38.1 Å². The van der Waals surface area contributed by atoms with E-state index in [-0.39, 0.29) is 5.56 Å². The fourth-order valence-electron chi connectivity index (χ4n) is 3.52. The number of nitrogens with zero attached hydrogens (tertiary/aromatic N) is 3. The number of allylic oxidation sites excluding steroid dienone is 1. The Kier molecular flexibility index (Phi) is 5.05. The van der Waals surface area contributed by atoms with E-state index in [1.54, 1.807) is 4.40 Å². The fraction of sp³-hybridized carbons (Fsp3) is 0.318. The zero-order valence-electron chi connectivity index (χ0n) is 16.5. The molecule has 0 saturated heterocycles. The largest absolute Gasteiger partial charge is 0.465 e. The van der Waals surface area contributed by atoms with Crippen molar-refractivity contribution in [3.8, 4) is 11.4 Å². The summed E-state index contributed by atoms with van der Waals surface area (Å²) in [7, 11) is 1.23. The van der Waals surface area contributed by atoms with Crippen molar-refractivity contribution in [3.63, 3.8) is 0 Å². The van der Waals surface area contributed by atoms with Crippen LogP contribution in [0.5, 0.6) is 0 Å². The smallest absolute Gasteiger partial charge is 0.341 e. The normalized spacial score (nSPS) is 14.0. The molecular formula is C22H23FN4O2. The van der Waals surface area contributed by atoms with E-state index in [1.165, 1.54) is 19.4 Å². The van der Waals surface area contributed by atoms with Crippen molar-refractivity contribution >= 4 is 30.2 Å². The van der Waals surface area contributed by atoms with Gasteiger partial charge in [-0.15, -0.1) is 0 Å². The number of unbranched alkanes of at least 4 members (excludes halogenated alkanes) is 1. The number of ether oxygens (including phenoxy) is 1. The molecule has 0 spiro atoms. The third-order valence-corrected chi connectivity index (χ3v) is 5.11. The molecule has 6 nitrogen and oxygen atoms in total. The average Bonchev–Trinajstić information content (AvgIpc) is 3.37. The lowest BCUT2D eigenvalue weighted by atomic mass is 10.1. The maximum atomic E-state index is 14.5. The number of hydrogen-bond donors (Lipinski definition) is 1. The topological polar surface area (TPSA) is 71.8 Å². The van der Waals surface area contributed by atoms with Gasteiger partial charge in [0.15, 0.2) is 5.82 Å². The molecule has 29 heavy (non-hydrogen) atoms. The number of esters is 1. The first kappa shape index (κ1) is 19.1. The molecule has 1 fully saturated rings. The van der Waals surface area contributed by atoms with E-state index in [0.29, 0.717) is 17.4 Å². The number of H-pyrrole nitrogens is 1. The molecule has 4 rings (SSSR count). The van der Waals surface area contributed by atoms with Crippen LogP contribution in [0.2, 0.25) is 0 Å². The molecular weight excluding hydrogens is 371 g/mol. The summed E-state index contributed by atoms with van der Waals surface area (Å²) >= 11 is 0. The molecule has 3 aromatic heterocycles. The van der Waals surface area contributed by atoms with Crippen LogP contribution in [0.3, 0.4) is 0 Å². The lowest BCUT2D eigenvalue weighted by molar-refractivity contribution is 0.0595. The molecule has 3 heterocycles. The van der Waals surface area contributed by atoms with Gasteiger partial charge in [-0.25, -0.2) is 19.2 Å². The minimum absolute atomic E-state index is 0.123. The second-order valence-electron chi connectivity index (χ2n) is 7.21. The number of imidazole rings is 1. The predicted octanol–water partition coefficient (Wildman–Crippen LogP) is 5.28. The third kappa shape index (κ3) is 3.48. The van der Waals surface area contributed by atoms with Crippen molar-refractivity contribution in [1.29, 1.82) is 0 Å². The first-order chi connectivity index (χ1) is 14.1. The third-order valence-electron chi connectivity index (χ3n) is 5.11. The van der Waals surface area contributed by atoms with Gasteiger partial charge in [-0.1, -0.05) is 25.5 Å². The van der Waals surface area contributed by atoms with Gasteiger partial charge in [0.05, 0.1) is 18.5 Å². The number of carbonyl (C=O) groups excluding carboxylic acids is 1. The number of aromatic nitrogens is 3. The standard InChI is InChI=1S/C22H23FN4O2/c1-4-5-6-7-14-10-17(25-21(14)24-2)19-20(13-8-9-13)27-12-16(23)15(22(28)29-3)11-18(27)26-19/h6-7,10-13,25H,2,4-5,8-9H2,1,3H3/b7-6-. The molecule has 0 atom stereocenters. The molecule has 1 aliphatic rings. The Bertz CT molecular complexity index is 1120. The Morgan fingerprint density at radius 3 is 2.93 bits per heavy atom. The molecule has 7 heteroatoms. The maximum absolute atomic E-state index is 14.5. The van der Waals surface area contributed by atoms with Crippen LogP contribution < -0.4 is 0 Å². The van der Waals surface area contributed by atoms with Gasteiger partial charge < -0.3 is 14.1 Å². The van der Waals surface area contributed by atoms with Gasteiger partial charge in [-0.3, -0.25) is 0 Å². The van der Waals surface area contributed by atoms with Crippen LogP contribution >= 0.6 is 0 Å². The van der Waals surface area contributed by atoms with E-state index in [1.807, 2.05) is 12.1 Å². The Morgan fingerprint density at radius 1 is 1.48 bits per heavy atom. The zero-order chi connectivity index (χ0) is 20.5. The Labute approximate surface area is 168 Å². The summed E-state index contributed by atoms with van der Waals surface area (Å²) in [6, 6.07) is 3.43. The number of rotatable bonds is 7. The van der Waals surface area contributed by atoms with Gasteiger partial charge in [0.25, 0.3) is 0 Å². The summed E-state index contributed by atoms with van der Waals surface area (Å²) < 4.78 is 21.0. The lowest BCUT2D eigenvalue weighted by Gasteiger charge is -2.05. The highest BCUT2D eigenvalue weighted by Crippen LogP contribution is 2.45. The van der Waals surface area contributed by atoms with Crippen LogP contribution in [0.15, 0.2) is 29.4 Å². The number of hydrogen-bond acceptors (Lipinski definition) is 4. The summed E-state index contributed by atoms with van der Waals surface area (Å²) in [6.07, 6.45) is 9.55. The van der Waals surface area contributed by atoms with Crippen LogP contribution in [-0.2, 0) is 4.74 Å². The van der Waals surface area contributed by atoms with Crippen molar-refractivity contribution in [2.75, 3.05) is 7.11 Å². The molecule has 0 aromatic carbocycles. The van der Waals surface area contributed by atoms with Crippen molar-refractivity contribution < 1.29 is 13.9 Å². The molecule has 0 amide bonds. The van der Waals surface area contributed by atoms with Crippen molar-refractivity contribution in [2.45, 2.75) is 38.5 Å². The van der Waals surface area contributed by atoms with Gasteiger partial charge >= 0.3 is 5.97 Å². The molecule has 150 valence electrons. The highest BCUT2D eigenvalue weighted by molar-refractivity contribution is 5.91. The highest BCUT2D eigenvalue weighted by Gasteiger charge is 2.32. The SMILES string of the molecule is C=Nc1[nH]c(-c2nc3cc(C(=O)OC)c(F)cn3c2C2CC2)cc1/C=C\CCC. The second kappa shape index (κ2) is 7.66. The zero-order valence-corrected chi connectivity index (χ0v) is 16.5. The van der Waals surface area contributed by atoms with Gasteiger partial charge in [0.2, 0.25) is 0 Å². The van der Waals surface area contributed by atoms with E-state index in [9.17, 15) is 9.18 Å². The van der Waals surface area contributed by atoms with Gasteiger partial charge in [0, 0.05) is 17.7 Å². The average molecular weight is 394 g/mol. The molecule has 3 aromatic rings. The molecule has 1 N–H and O–H groups in total. The molecule has 0 unspecified atom stereocenters. The van der Waals surface area contributed by atoms with E-state index in [0.717, 1.165) is 48.3 Å².